The van der Waals surface area contributed by atoms with Crippen LogP contribution in [0.4, 0.5) is 11.4 Å². The lowest BCUT2D eigenvalue weighted by molar-refractivity contribution is -0.118. The van der Waals surface area contributed by atoms with E-state index < -0.39 is 0 Å². The molecule has 20 heavy (non-hydrogen) atoms. The van der Waals surface area contributed by atoms with Crippen molar-refractivity contribution in [3.63, 3.8) is 0 Å². The van der Waals surface area contributed by atoms with Crippen molar-refractivity contribution in [2.24, 2.45) is 0 Å². The molecule has 2 rings (SSSR count). The maximum absolute atomic E-state index is 11.8. The highest BCUT2D eigenvalue weighted by molar-refractivity contribution is 14.1. The number of hydrogen-bond acceptors (Lipinski definition) is 3. The van der Waals surface area contributed by atoms with Gasteiger partial charge in [-0.05, 0) is 52.9 Å². The zero-order valence-corrected chi connectivity index (χ0v) is 13.3. The Morgan fingerprint density at radius 3 is 2.75 bits per heavy atom. The highest BCUT2D eigenvalue weighted by Gasteiger charge is 2.08. The highest BCUT2D eigenvalue weighted by atomic mass is 127. The summed E-state index contributed by atoms with van der Waals surface area (Å²) in [7, 11) is 0. The standard InChI is InChI=1S/C14H12ClIN2O2/c15-10-7-9(17)5-6-12(10)18-14(19)8-20-13-4-2-1-3-11(13)16/h1-7H,8,17H2,(H,18,19). The SMILES string of the molecule is Nc1ccc(NC(=O)COc2ccccc2I)c(Cl)c1. The van der Waals surface area contributed by atoms with Crippen molar-refractivity contribution in [1.82, 2.24) is 0 Å². The van der Waals surface area contributed by atoms with E-state index in [1.165, 1.54) is 0 Å². The first-order valence-electron chi connectivity index (χ1n) is 5.78. The topological polar surface area (TPSA) is 64.3 Å². The number of para-hydroxylation sites is 1. The Morgan fingerprint density at radius 1 is 1.30 bits per heavy atom. The van der Waals surface area contributed by atoms with E-state index in [0.29, 0.717) is 22.1 Å². The number of anilines is 2. The molecule has 0 aliphatic carbocycles. The molecule has 2 aromatic carbocycles. The summed E-state index contributed by atoms with van der Waals surface area (Å²) in [4.78, 5) is 11.8. The lowest BCUT2D eigenvalue weighted by Crippen LogP contribution is -2.20. The quantitative estimate of drug-likeness (QED) is 0.607. The van der Waals surface area contributed by atoms with Gasteiger partial charge < -0.3 is 15.8 Å². The minimum absolute atomic E-state index is 0.0826. The lowest BCUT2D eigenvalue weighted by Gasteiger charge is -2.10. The molecular formula is C14H12ClIN2O2. The number of hydrogen-bond donors (Lipinski definition) is 2. The molecule has 0 radical (unpaired) electrons. The van der Waals surface area contributed by atoms with E-state index in [0.717, 1.165) is 3.57 Å². The molecule has 3 N–H and O–H groups in total. The molecule has 0 bridgehead atoms. The predicted molar refractivity (Wildman–Crippen MR) is 89.1 cm³/mol. The first-order valence-corrected chi connectivity index (χ1v) is 7.24. The first kappa shape index (κ1) is 14.9. The van der Waals surface area contributed by atoms with Crippen molar-refractivity contribution < 1.29 is 9.53 Å². The lowest BCUT2D eigenvalue weighted by atomic mass is 10.3. The number of halogens is 2. The van der Waals surface area contributed by atoms with Crippen LogP contribution in [-0.4, -0.2) is 12.5 Å². The van der Waals surface area contributed by atoms with Crippen molar-refractivity contribution in [2.45, 2.75) is 0 Å². The van der Waals surface area contributed by atoms with Gasteiger partial charge >= 0.3 is 0 Å². The summed E-state index contributed by atoms with van der Waals surface area (Å²) in [5, 5.41) is 3.07. The molecule has 0 spiro atoms. The molecule has 2 aromatic rings. The molecule has 0 saturated heterocycles. The van der Waals surface area contributed by atoms with E-state index in [9.17, 15) is 4.79 Å². The second-order valence-corrected chi connectivity index (χ2v) is 5.58. The number of nitrogens with two attached hydrogens (primary N) is 1. The Morgan fingerprint density at radius 2 is 2.05 bits per heavy atom. The second kappa shape index (κ2) is 6.81. The fraction of sp³-hybridized carbons (Fsp3) is 0.0714. The zero-order chi connectivity index (χ0) is 14.5. The smallest absolute Gasteiger partial charge is 0.262 e. The normalized spacial score (nSPS) is 10.1. The van der Waals surface area contributed by atoms with Gasteiger partial charge in [-0.3, -0.25) is 4.79 Å². The molecule has 0 atom stereocenters. The molecule has 0 unspecified atom stereocenters. The summed E-state index contributed by atoms with van der Waals surface area (Å²) in [5.74, 6) is 0.392. The molecule has 104 valence electrons. The van der Waals surface area contributed by atoms with Gasteiger partial charge in [-0.2, -0.15) is 0 Å². The average Bonchev–Trinajstić information content (AvgIpc) is 2.41. The van der Waals surface area contributed by atoms with Crippen LogP contribution in [0.2, 0.25) is 5.02 Å². The van der Waals surface area contributed by atoms with Gasteiger partial charge in [-0.25, -0.2) is 0 Å². The fourth-order valence-electron chi connectivity index (χ4n) is 1.52. The van der Waals surface area contributed by atoms with E-state index in [2.05, 4.69) is 27.9 Å². The summed E-state index contributed by atoms with van der Waals surface area (Å²) in [6, 6.07) is 12.4. The molecule has 0 aromatic heterocycles. The third kappa shape index (κ3) is 4.01. The van der Waals surface area contributed by atoms with Crippen molar-refractivity contribution in [3.05, 3.63) is 51.1 Å². The third-order valence-electron chi connectivity index (χ3n) is 2.46. The molecule has 6 heteroatoms. The van der Waals surface area contributed by atoms with Crippen molar-refractivity contribution in [1.29, 1.82) is 0 Å². The van der Waals surface area contributed by atoms with Crippen LogP contribution in [0, 0.1) is 3.57 Å². The van der Waals surface area contributed by atoms with Gasteiger partial charge in [0.25, 0.3) is 5.91 Å². The monoisotopic (exact) mass is 402 g/mol. The largest absolute Gasteiger partial charge is 0.483 e. The number of nitrogen functional groups attached to an aromatic ring is 1. The van der Waals surface area contributed by atoms with Gasteiger partial charge in [-0.1, -0.05) is 23.7 Å². The molecule has 0 aliphatic heterocycles. The van der Waals surface area contributed by atoms with Crippen molar-refractivity contribution in [2.75, 3.05) is 17.7 Å². The number of ether oxygens (including phenoxy) is 1. The average molecular weight is 403 g/mol. The Balaban J connectivity index is 1.94. The van der Waals surface area contributed by atoms with E-state index in [4.69, 9.17) is 22.1 Å². The molecule has 0 fully saturated rings. The van der Waals surface area contributed by atoms with Crippen LogP contribution in [-0.2, 0) is 4.79 Å². The van der Waals surface area contributed by atoms with Gasteiger partial charge in [0.15, 0.2) is 6.61 Å². The Bertz CT molecular complexity index is 634. The molecule has 0 saturated carbocycles. The Labute approximate surface area is 135 Å². The number of carbonyl (C=O) groups is 1. The number of carbonyl (C=O) groups excluding carboxylic acids is 1. The van der Waals surface area contributed by atoms with Crippen LogP contribution in [0.1, 0.15) is 0 Å². The van der Waals surface area contributed by atoms with E-state index in [1.807, 2.05) is 24.3 Å². The molecule has 0 heterocycles. The Kier molecular flexibility index (Phi) is 5.08. The van der Waals surface area contributed by atoms with Gasteiger partial charge in [-0.15, -0.1) is 0 Å². The summed E-state index contributed by atoms with van der Waals surface area (Å²) < 4.78 is 6.39. The van der Waals surface area contributed by atoms with Crippen LogP contribution in [0.5, 0.6) is 5.75 Å². The van der Waals surface area contributed by atoms with Crippen LogP contribution in [0.25, 0.3) is 0 Å². The second-order valence-electron chi connectivity index (χ2n) is 4.01. The number of benzene rings is 2. The Hall–Kier alpha value is -1.47. The zero-order valence-electron chi connectivity index (χ0n) is 10.4. The van der Waals surface area contributed by atoms with Crippen LogP contribution >= 0.6 is 34.2 Å². The fourth-order valence-corrected chi connectivity index (χ4v) is 2.30. The summed E-state index contributed by atoms with van der Waals surface area (Å²) in [5.41, 5.74) is 6.64. The van der Waals surface area contributed by atoms with Crippen LogP contribution in [0.15, 0.2) is 42.5 Å². The number of nitrogens with one attached hydrogen (secondary N) is 1. The molecular weight excluding hydrogens is 391 g/mol. The number of rotatable bonds is 4. The van der Waals surface area contributed by atoms with Gasteiger partial charge in [0.05, 0.1) is 14.3 Å². The predicted octanol–water partition coefficient (Wildman–Crippen LogP) is 3.54. The maximum atomic E-state index is 11.8. The van der Waals surface area contributed by atoms with Crippen LogP contribution in [0.3, 0.4) is 0 Å². The highest BCUT2D eigenvalue weighted by Crippen LogP contribution is 2.24. The van der Waals surface area contributed by atoms with E-state index in [-0.39, 0.29) is 12.5 Å². The van der Waals surface area contributed by atoms with E-state index >= 15 is 0 Å². The van der Waals surface area contributed by atoms with Gasteiger partial charge in [0.2, 0.25) is 0 Å². The maximum Gasteiger partial charge on any atom is 0.262 e. The molecule has 0 aliphatic rings. The minimum atomic E-state index is -0.281. The molecule has 4 nitrogen and oxygen atoms in total. The minimum Gasteiger partial charge on any atom is -0.483 e. The molecule has 1 amide bonds. The van der Waals surface area contributed by atoms with E-state index in [1.54, 1.807) is 18.2 Å². The summed E-state index contributed by atoms with van der Waals surface area (Å²) in [6.45, 7) is -0.0826. The summed E-state index contributed by atoms with van der Waals surface area (Å²) >= 11 is 8.13. The van der Waals surface area contributed by atoms with Gasteiger partial charge in [0.1, 0.15) is 5.75 Å². The summed E-state index contributed by atoms with van der Waals surface area (Å²) in [6.07, 6.45) is 0. The van der Waals surface area contributed by atoms with Crippen LogP contribution < -0.4 is 15.8 Å². The van der Waals surface area contributed by atoms with Crippen molar-refractivity contribution >= 4 is 51.5 Å². The number of amides is 1. The first-order chi connectivity index (χ1) is 9.56. The third-order valence-corrected chi connectivity index (χ3v) is 3.67. The van der Waals surface area contributed by atoms with Gasteiger partial charge in [0, 0.05) is 5.69 Å². The van der Waals surface area contributed by atoms with Crippen molar-refractivity contribution in [3.8, 4) is 5.75 Å².